The number of benzene rings is 1. The quantitative estimate of drug-likeness (QED) is 0.724. The summed E-state index contributed by atoms with van der Waals surface area (Å²) in [6.45, 7) is 3.51. The lowest BCUT2D eigenvalue weighted by Gasteiger charge is -2.09. The molecule has 13 heavy (non-hydrogen) atoms. The molecular weight excluding hydrogens is 190 g/mol. The Morgan fingerprint density at radius 3 is 2.54 bits per heavy atom. The lowest BCUT2D eigenvalue weighted by atomic mass is 10.0. The van der Waals surface area contributed by atoms with Gasteiger partial charge in [0, 0.05) is 0 Å². The molecule has 0 aliphatic carbocycles. The van der Waals surface area contributed by atoms with Crippen molar-refractivity contribution in [3.63, 3.8) is 0 Å². The van der Waals surface area contributed by atoms with Crippen LogP contribution in [0.2, 0.25) is 5.02 Å². The van der Waals surface area contributed by atoms with Crippen LogP contribution < -0.4 is 5.73 Å². The Hall–Kier alpha value is -1.22. The highest BCUT2D eigenvalue weighted by molar-refractivity contribution is 6.32. The molecule has 0 aliphatic heterocycles. The lowest BCUT2D eigenvalue weighted by molar-refractivity contribution is 0.0997. The maximum atomic E-state index is 11.0. The van der Waals surface area contributed by atoms with Gasteiger partial charge in [0.2, 0.25) is 0 Å². The Balaban J connectivity index is 3.56. The second kappa shape index (κ2) is 3.26. The molecule has 4 heteroatoms. The summed E-state index contributed by atoms with van der Waals surface area (Å²) < 4.78 is 0. The molecule has 70 valence electrons. The third kappa shape index (κ3) is 1.60. The van der Waals surface area contributed by atoms with E-state index in [1.54, 1.807) is 19.9 Å². The van der Waals surface area contributed by atoms with Crippen molar-refractivity contribution in [2.24, 2.45) is 5.73 Å². The van der Waals surface area contributed by atoms with Gasteiger partial charge in [0.25, 0.3) is 5.91 Å². The van der Waals surface area contributed by atoms with E-state index >= 15 is 0 Å². The average Bonchev–Trinajstić information content (AvgIpc) is 2.01. The topological polar surface area (TPSA) is 63.3 Å². The smallest absolute Gasteiger partial charge is 0.252 e. The van der Waals surface area contributed by atoms with E-state index in [1.807, 2.05) is 0 Å². The molecule has 0 unspecified atom stereocenters. The van der Waals surface area contributed by atoms with E-state index in [4.69, 9.17) is 17.3 Å². The Morgan fingerprint density at radius 1 is 1.54 bits per heavy atom. The molecule has 0 atom stereocenters. The lowest BCUT2D eigenvalue weighted by Crippen LogP contribution is -2.13. The van der Waals surface area contributed by atoms with Crippen LogP contribution in [-0.4, -0.2) is 11.0 Å². The first-order valence-corrected chi connectivity index (χ1v) is 4.11. The van der Waals surface area contributed by atoms with Gasteiger partial charge in [-0.3, -0.25) is 4.79 Å². The van der Waals surface area contributed by atoms with E-state index < -0.39 is 5.91 Å². The van der Waals surface area contributed by atoms with Gasteiger partial charge in [0.15, 0.2) is 0 Å². The summed E-state index contributed by atoms with van der Waals surface area (Å²) in [6.07, 6.45) is 0. The van der Waals surface area contributed by atoms with Crippen LogP contribution in [0.4, 0.5) is 0 Å². The summed E-state index contributed by atoms with van der Waals surface area (Å²) in [5, 5.41) is 9.59. The molecule has 0 aliphatic rings. The minimum Gasteiger partial charge on any atom is -0.506 e. The van der Waals surface area contributed by atoms with Gasteiger partial charge in [0.05, 0.1) is 10.6 Å². The van der Waals surface area contributed by atoms with Gasteiger partial charge in [-0.05, 0) is 31.0 Å². The van der Waals surface area contributed by atoms with Crippen LogP contribution in [0.1, 0.15) is 21.5 Å². The first-order chi connectivity index (χ1) is 5.95. The molecule has 0 saturated heterocycles. The first-order valence-electron chi connectivity index (χ1n) is 3.73. The van der Waals surface area contributed by atoms with E-state index in [9.17, 15) is 9.90 Å². The van der Waals surface area contributed by atoms with Crippen molar-refractivity contribution >= 4 is 17.5 Å². The van der Waals surface area contributed by atoms with E-state index in [2.05, 4.69) is 0 Å². The van der Waals surface area contributed by atoms with Crippen molar-refractivity contribution in [1.82, 2.24) is 0 Å². The summed E-state index contributed by atoms with van der Waals surface area (Å²) in [5.41, 5.74) is 6.69. The van der Waals surface area contributed by atoms with Crippen LogP contribution in [-0.2, 0) is 0 Å². The van der Waals surface area contributed by atoms with Gasteiger partial charge < -0.3 is 10.8 Å². The molecule has 1 rings (SSSR count). The number of nitrogens with two attached hydrogens (primary N) is 1. The number of hydrogen-bond donors (Lipinski definition) is 2. The number of aromatic hydroxyl groups is 1. The first kappa shape index (κ1) is 9.86. The van der Waals surface area contributed by atoms with Crippen LogP contribution in [0, 0.1) is 13.8 Å². The maximum Gasteiger partial charge on any atom is 0.252 e. The van der Waals surface area contributed by atoms with Crippen molar-refractivity contribution in [1.29, 1.82) is 0 Å². The third-order valence-electron chi connectivity index (χ3n) is 2.02. The average molecular weight is 200 g/mol. The fourth-order valence-corrected chi connectivity index (χ4v) is 1.42. The van der Waals surface area contributed by atoms with Gasteiger partial charge in [-0.15, -0.1) is 0 Å². The zero-order valence-corrected chi connectivity index (χ0v) is 8.14. The summed E-state index contributed by atoms with van der Waals surface area (Å²) in [7, 11) is 0. The Kier molecular flexibility index (Phi) is 2.48. The van der Waals surface area contributed by atoms with Crippen molar-refractivity contribution < 1.29 is 9.90 Å². The molecule has 0 aromatic heterocycles. The Labute approximate surface area is 81.1 Å². The van der Waals surface area contributed by atoms with E-state index in [0.29, 0.717) is 5.56 Å². The standard InChI is InChI=1S/C9H10ClNO2/c1-4-3-6(10)8(12)7(5(4)2)9(11)13/h3,12H,1-2H3,(H2,11,13). The normalized spacial score (nSPS) is 10.1. The van der Waals surface area contributed by atoms with Gasteiger partial charge in [-0.1, -0.05) is 11.6 Å². The monoisotopic (exact) mass is 199 g/mol. The molecule has 1 amide bonds. The fourth-order valence-electron chi connectivity index (χ4n) is 1.16. The summed E-state index contributed by atoms with van der Waals surface area (Å²) in [6, 6.07) is 1.60. The van der Waals surface area contributed by atoms with Gasteiger partial charge in [-0.25, -0.2) is 0 Å². The largest absolute Gasteiger partial charge is 0.506 e. The van der Waals surface area contributed by atoms with Crippen LogP contribution in [0.25, 0.3) is 0 Å². The van der Waals surface area contributed by atoms with Gasteiger partial charge in [0.1, 0.15) is 5.75 Å². The summed E-state index contributed by atoms with van der Waals surface area (Å²) in [5.74, 6) is -0.905. The number of phenols is 1. The number of carbonyl (C=O) groups excluding carboxylic acids is 1. The molecule has 0 heterocycles. The molecule has 0 bridgehead atoms. The number of halogens is 1. The minimum absolute atomic E-state index is 0.102. The Bertz CT molecular complexity index is 348. The van der Waals surface area contributed by atoms with Crippen LogP contribution >= 0.6 is 11.6 Å². The molecule has 1 aromatic rings. The highest BCUT2D eigenvalue weighted by atomic mass is 35.5. The fraction of sp³-hybridized carbons (Fsp3) is 0.222. The highest BCUT2D eigenvalue weighted by Crippen LogP contribution is 2.31. The van der Waals surface area contributed by atoms with E-state index in [1.165, 1.54) is 0 Å². The van der Waals surface area contributed by atoms with Crippen molar-refractivity contribution in [2.45, 2.75) is 13.8 Å². The van der Waals surface area contributed by atoms with Crippen LogP contribution in [0.15, 0.2) is 6.07 Å². The minimum atomic E-state index is -0.666. The van der Waals surface area contributed by atoms with Crippen molar-refractivity contribution in [2.75, 3.05) is 0 Å². The molecule has 3 N–H and O–H groups in total. The van der Waals surface area contributed by atoms with Crippen molar-refractivity contribution in [3.8, 4) is 5.75 Å². The predicted octanol–water partition coefficient (Wildman–Crippen LogP) is 1.76. The molecule has 0 radical (unpaired) electrons. The summed E-state index contributed by atoms with van der Waals surface area (Å²) >= 11 is 5.68. The SMILES string of the molecule is Cc1cc(Cl)c(O)c(C(N)=O)c1C. The molecule has 0 spiro atoms. The number of carbonyl (C=O) groups is 1. The zero-order chi connectivity index (χ0) is 10.2. The van der Waals surface area contributed by atoms with Gasteiger partial charge in [-0.2, -0.15) is 0 Å². The molecule has 0 fully saturated rings. The van der Waals surface area contributed by atoms with Crippen LogP contribution in [0.5, 0.6) is 5.75 Å². The number of aryl methyl sites for hydroxylation is 1. The predicted molar refractivity (Wildman–Crippen MR) is 51.1 cm³/mol. The molecule has 0 saturated carbocycles. The number of rotatable bonds is 1. The summed E-state index contributed by atoms with van der Waals surface area (Å²) in [4.78, 5) is 11.0. The van der Waals surface area contributed by atoms with E-state index in [-0.39, 0.29) is 16.3 Å². The molecular formula is C9H10ClNO2. The number of hydrogen-bond acceptors (Lipinski definition) is 2. The number of amides is 1. The maximum absolute atomic E-state index is 11.0. The highest BCUT2D eigenvalue weighted by Gasteiger charge is 2.15. The second-order valence-corrected chi connectivity index (χ2v) is 3.30. The van der Waals surface area contributed by atoms with Gasteiger partial charge >= 0.3 is 0 Å². The van der Waals surface area contributed by atoms with Crippen molar-refractivity contribution in [3.05, 3.63) is 27.8 Å². The zero-order valence-electron chi connectivity index (χ0n) is 7.39. The second-order valence-electron chi connectivity index (χ2n) is 2.89. The molecule has 3 nitrogen and oxygen atoms in total. The molecule has 1 aromatic carbocycles. The Morgan fingerprint density at radius 2 is 2.08 bits per heavy atom. The van der Waals surface area contributed by atoms with Crippen LogP contribution in [0.3, 0.4) is 0 Å². The number of primary amides is 1. The van der Waals surface area contributed by atoms with E-state index in [0.717, 1.165) is 5.56 Å². The third-order valence-corrected chi connectivity index (χ3v) is 2.31.